The van der Waals surface area contributed by atoms with Crippen LogP contribution in [0.4, 0.5) is 4.39 Å². The van der Waals surface area contributed by atoms with Gasteiger partial charge in [0.25, 0.3) is 5.56 Å². The van der Waals surface area contributed by atoms with Crippen molar-refractivity contribution in [2.45, 2.75) is 20.4 Å². The van der Waals surface area contributed by atoms with Gasteiger partial charge in [-0.25, -0.2) is 14.4 Å². The number of benzene rings is 1. The summed E-state index contributed by atoms with van der Waals surface area (Å²) in [6.07, 6.45) is 1.60. The first-order valence-electron chi connectivity index (χ1n) is 8.79. The number of hydrogen-bond acceptors (Lipinski definition) is 6. The van der Waals surface area contributed by atoms with Gasteiger partial charge in [-0.3, -0.25) is 4.79 Å². The fourth-order valence-electron chi connectivity index (χ4n) is 2.90. The Hall–Kier alpha value is -3.26. The molecule has 7 nitrogen and oxygen atoms in total. The van der Waals surface area contributed by atoms with Crippen molar-refractivity contribution < 1.29 is 19.0 Å². The van der Waals surface area contributed by atoms with E-state index in [1.54, 1.807) is 44.5 Å². The summed E-state index contributed by atoms with van der Waals surface area (Å²) < 4.78 is 26.1. The summed E-state index contributed by atoms with van der Waals surface area (Å²) in [6, 6.07) is 8.27. The molecule has 0 unspecified atom stereocenters. The van der Waals surface area contributed by atoms with E-state index in [9.17, 15) is 9.18 Å². The van der Waals surface area contributed by atoms with E-state index in [-0.39, 0.29) is 6.54 Å². The standard InChI is InChI=1S/C20H20FN3O3.CH4O/c1-12-7-17(23-13(2)22-12)15-9-16(21)20(25)24(11-15)10-14-5-6-18(26-3)19(8-14)27-4;1-2/h5-9,11H,10H2,1-4H3;2H,1H3. The topological polar surface area (TPSA) is 86.5 Å². The van der Waals surface area contributed by atoms with Crippen LogP contribution in [-0.2, 0) is 6.54 Å². The predicted octanol–water partition coefficient (Wildman–Crippen LogP) is 2.74. The molecule has 154 valence electrons. The van der Waals surface area contributed by atoms with E-state index < -0.39 is 11.4 Å². The first-order valence-corrected chi connectivity index (χ1v) is 8.79. The van der Waals surface area contributed by atoms with Crippen LogP contribution in [0.3, 0.4) is 0 Å². The van der Waals surface area contributed by atoms with Crippen LogP contribution in [0, 0.1) is 19.7 Å². The van der Waals surface area contributed by atoms with Gasteiger partial charge in [0.15, 0.2) is 17.3 Å². The Morgan fingerprint density at radius 2 is 1.72 bits per heavy atom. The lowest BCUT2D eigenvalue weighted by molar-refractivity contribution is 0.354. The number of aliphatic hydroxyl groups excluding tert-OH is 1. The number of halogens is 1. The molecule has 0 spiro atoms. The molecule has 0 aliphatic heterocycles. The van der Waals surface area contributed by atoms with Crippen LogP contribution in [0.1, 0.15) is 17.1 Å². The van der Waals surface area contributed by atoms with Gasteiger partial charge in [0.1, 0.15) is 5.82 Å². The van der Waals surface area contributed by atoms with E-state index >= 15 is 0 Å². The summed E-state index contributed by atoms with van der Waals surface area (Å²) in [6.45, 7) is 3.80. The fraction of sp³-hybridized carbons (Fsp3) is 0.286. The highest BCUT2D eigenvalue weighted by Crippen LogP contribution is 2.28. The molecule has 0 saturated carbocycles. The Kier molecular flexibility index (Phi) is 7.44. The molecule has 0 amide bonds. The van der Waals surface area contributed by atoms with Crippen LogP contribution in [-0.4, -0.2) is 41.0 Å². The number of pyridine rings is 1. The van der Waals surface area contributed by atoms with Crippen LogP contribution in [0.25, 0.3) is 11.3 Å². The van der Waals surface area contributed by atoms with E-state index in [4.69, 9.17) is 14.6 Å². The van der Waals surface area contributed by atoms with Crippen LogP contribution in [0.5, 0.6) is 11.5 Å². The van der Waals surface area contributed by atoms with Crippen molar-refractivity contribution in [1.29, 1.82) is 0 Å². The van der Waals surface area contributed by atoms with E-state index in [0.717, 1.165) is 18.4 Å². The summed E-state index contributed by atoms with van der Waals surface area (Å²) in [5, 5.41) is 7.00. The SMILES string of the molecule is CO.COc1ccc(Cn2cc(-c3cc(C)nc(C)n3)cc(F)c2=O)cc1OC. The van der Waals surface area contributed by atoms with Crippen LogP contribution < -0.4 is 15.0 Å². The fourth-order valence-corrected chi connectivity index (χ4v) is 2.90. The number of methoxy groups -OCH3 is 2. The van der Waals surface area contributed by atoms with Gasteiger partial charge < -0.3 is 19.1 Å². The first kappa shape index (κ1) is 22.0. The van der Waals surface area contributed by atoms with Gasteiger partial charge in [-0.1, -0.05) is 6.07 Å². The maximum atomic E-state index is 14.3. The minimum atomic E-state index is -0.832. The number of ether oxygens (including phenoxy) is 2. The number of hydrogen-bond donors (Lipinski definition) is 1. The lowest BCUT2D eigenvalue weighted by atomic mass is 10.1. The van der Waals surface area contributed by atoms with E-state index in [0.29, 0.717) is 28.6 Å². The second-order valence-corrected chi connectivity index (χ2v) is 6.14. The zero-order chi connectivity index (χ0) is 21.6. The Morgan fingerprint density at radius 1 is 1.03 bits per heavy atom. The Balaban J connectivity index is 0.00000145. The number of aliphatic hydroxyl groups is 1. The third kappa shape index (κ3) is 5.17. The molecule has 2 heterocycles. The summed E-state index contributed by atoms with van der Waals surface area (Å²) >= 11 is 0. The number of nitrogens with zero attached hydrogens (tertiary/aromatic N) is 3. The third-order valence-corrected chi connectivity index (χ3v) is 4.10. The van der Waals surface area contributed by atoms with Gasteiger partial charge in [0, 0.05) is 24.6 Å². The molecule has 0 bridgehead atoms. The maximum absolute atomic E-state index is 14.3. The van der Waals surface area contributed by atoms with E-state index in [1.807, 2.05) is 6.92 Å². The molecule has 0 saturated heterocycles. The van der Waals surface area contributed by atoms with Crippen LogP contribution in [0.2, 0.25) is 0 Å². The smallest absolute Gasteiger partial charge is 0.286 e. The van der Waals surface area contributed by atoms with Crippen molar-refractivity contribution >= 4 is 0 Å². The molecule has 3 aromatic rings. The van der Waals surface area contributed by atoms with Crippen LogP contribution in [0.15, 0.2) is 41.3 Å². The predicted molar refractivity (Wildman–Crippen MR) is 108 cm³/mol. The Morgan fingerprint density at radius 3 is 2.34 bits per heavy atom. The maximum Gasteiger partial charge on any atom is 0.286 e. The number of rotatable bonds is 5. The van der Waals surface area contributed by atoms with Crippen molar-refractivity contribution in [2.75, 3.05) is 21.3 Å². The quantitative estimate of drug-likeness (QED) is 0.708. The summed E-state index contributed by atoms with van der Waals surface area (Å²) in [5.41, 5.74) is 1.94. The van der Waals surface area contributed by atoms with Gasteiger partial charge in [0.2, 0.25) is 0 Å². The highest BCUT2D eigenvalue weighted by molar-refractivity contribution is 5.58. The molecule has 3 rings (SSSR count). The second-order valence-electron chi connectivity index (χ2n) is 6.14. The largest absolute Gasteiger partial charge is 0.493 e. The molecular weight excluding hydrogens is 377 g/mol. The van der Waals surface area contributed by atoms with Crippen molar-refractivity contribution in [2.24, 2.45) is 0 Å². The average molecular weight is 401 g/mol. The monoisotopic (exact) mass is 401 g/mol. The normalized spacial score (nSPS) is 10.2. The van der Waals surface area contributed by atoms with Gasteiger partial charge in [-0.15, -0.1) is 0 Å². The highest BCUT2D eigenvalue weighted by Gasteiger charge is 2.12. The van der Waals surface area contributed by atoms with Gasteiger partial charge in [-0.2, -0.15) is 0 Å². The zero-order valence-electron chi connectivity index (χ0n) is 17.1. The second kappa shape index (κ2) is 9.79. The average Bonchev–Trinajstić information content (AvgIpc) is 2.71. The Labute approximate surface area is 168 Å². The molecule has 0 fully saturated rings. The minimum absolute atomic E-state index is 0.187. The van der Waals surface area contributed by atoms with E-state index in [1.165, 1.54) is 17.7 Å². The molecular formula is C21H24FN3O4. The minimum Gasteiger partial charge on any atom is -0.493 e. The lowest BCUT2D eigenvalue weighted by Gasteiger charge is -2.12. The Bertz CT molecular complexity index is 1030. The van der Waals surface area contributed by atoms with Crippen molar-refractivity contribution in [3.63, 3.8) is 0 Å². The molecule has 1 N–H and O–H groups in total. The summed E-state index contributed by atoms with van der Waals surface area (Å²) in [5.74, 6) is 0.882. The molecule has 0 aliphatic carbocycles. The molecule has 29 heavy (non-hydrogen) atoms. The van der Waals surface area contributed by atoms with Gasteiger partial charge >= 0.3 is 0 Å². The summed E-state index contributed by atoms with van der Waals surface area (Å²) in [7, 11) is 4.08. The van der Waals surface area contributed by atoms with Crippen molar-refractivity contribution in [3.05, 3.63) is 69.8 Å². The molecule has 0 atom stereocenters. The van der Waals surface area contributed by atoms with Gasteiger partial charge in [-0.05, 0) is 43.7 Å². The third-order valence-electron chi connectivity index (χ3n) is 4.10. The highest BCUT2D eigenvalue weighted by atomic mass is 19.1. The molecule has 0 radical (unpaired) electrons. The van der Waals surface area contributed by atoms with Crippen molar-refractivity contribution in [1.82, 2.24) is 14.5 Å². The summed E-state index contributed by atoms with van der Waals surface area (Å²) in [4.78, 5) is 20.8. The molecule has 1 aromatic carbocycles. The molecule has 0 aliphatic rings. The first-order chi connectivity index (χ1) is 13.9. The number of aromatic nitrogens is 3. The van der Waals surface area contributed by atoms with Crippen molar-refractivity contribution in [3.8, 4) is 22.8 Å². The van der Waals surface area contributed by atoms with E-state index in [2.05, 4.69) is 9.97 Å². The van der Waals surface area contributed by atoms with Gasteiger partial charge in [0.05, 0.1) is 26.5 Å². The molecule has 2 aromatic heterocycles. The number of aryl methyl sites for hydroxylation is 2. The zero-order valence-corrected chi connectivity index (χ0v) is 17.1. The van der Waals surface area contributed by atoms with Crippen LogP contribution >= 0.6 is 0 Å². The molecule has 8 heteroatoms. The lowest BCUT2D eigenvalue weighted by Crippen LogP contribution is -2.23.